The van der Waals surface area contributed by atoms with Crippen molar-refractivity contribution in [3.05, 3.63) is 63.4 Å². The van der Waals surface area contributed by atoms with Crippen molar-refractivity contribution in [2.75, 3.05) is 12.4 Å². The van der Waals surface area contributed by atoms with Crippen LogP contribution in [-0.4, -0.2) is 36.6 Å². The number of halogens is 2. The average Bonchev–Trinajstić information content (AvgIpc) is 3.12. The number of nitrogens with one attached hydrogen (secondary N) is 1. The summed E-state index contributed by atoms with van der Waals surface area (Å²) in [6.45, 7) is 6.73. The van der Waals surface area contributed by atoms with Crippen LogP contribution in [0.2, 0.25) is 5.02 Å². The topological polar surface area (TPSA) is 50.9 Å². The van der Waals surface area contributed by atoms with E-state index in [2.05, 4.69) is 15.5 Å². The summed E-state index contributed by atoms with van der Waals surface area (Å²) < 4.78 is 17.7. The van der Waals surface area contributed by atoms with E-state index in [-0.39, 0.29) is 12.4 Å². The van der Waals surface area contributed by atoms with Gasteiger partial charge in [0.25, 0.3) is 0 Å². The number of anilines is 1. The third-order valence-electron chi connectivity index (χ3n) is 5.07. The monoisotopic (exact) mass is 434 g/mol. The molecule has 0 spiro atoms. The van der Waals surface area contributed by atoms with Gasteiger partial charge >= 0.3 is 0 Å². The summed E-state index contributed by atoms with van der Waals surface area (Å²) in [5.41, 5.74) is 5.08. The summed E-state index contributed by atoms with van der Waals surface area (Å²) in [5, 5.41) is 13.0. The fourth-order valence-electron chi connectivity index (χ4n) is 3.09. The van der Waals surface area contributed by atoms with Gasteiger partial charge in [-0.25, -0.2) is 4.39 Å². The van der Waals surface area contributed by atoms with Gasteiger partial charge in [0.1, 0.15) is 5.82 Å². The van der Waals surface area contributed by atoms with Crippen LogP contribution < -0.4 is 5.32 Å². The van der Waals surface area contributed by atoms with Crippen LogP contribution >= 0.6 is 23.8 Å². The van der Waals surface area contributed by atoms with Gasteiger partial charge in [-0.1, -0.05) is 17.7 Å². The van der Waals surface area contributed by atoms with E-state index in [1.165, 1.54) is 6.07 Å². The predicted molar refractivity (Wildman–Crippen MR) is 118 cm³/mol. The minimum atomic E-state index is -0.346. The van der Waals surface area contributed by atoms with Gasteiger partial charge in [0.15, 0.2) is 5.11 Å². The molecule has 0 aliphatic heterocycles. The summed E-state index contributed by atoms with van der Waals surface area (Å²) in [5.74, 6) is -0.346. The van der Waals surface area contributed by atoms with Gasteiger partial charge in [-0.05, 0) is 45.1 Å². The zero-order valence-electron chi connectivity index (χ0n) is 17.1. The molecule has 29 heavy (non-hydrogen) atoms. The molecule has 3 rings (SSSR count). The molecule has 1 N–H and O–H groups in total. The number of aromatic nitrogens is 4. The first-order valence-electron chi connectivity index (χ1n) is 9.15. The minimum Gasteiger partial charge on any atom is -0.348 e. The Hall–Kier alpha value is -2.45. The van der Waals surface area contributed by atoms with Crippen LogP contribution in [0, 0.1) is 26.6 Å². The SMILES string of the molecule is Cc1nn(Cc2c(F)cccc2Cl)c(C)c1NC(=S)N(C)Cc1cnn(C)c1C. The number of thiocarbonyl (C=S) groups is 1. The van der Waals surface area contributed by atoms with Crippen LogP contribution in [0.3, 0.4) is 0 Å². The maximum atomic E-state index is 14.2. The Kier molecular flexibility index (Phi) is 6.24. The van der Waals surface area contributed by atoms with E-state index >= 15 is 0 Å². The second kappa shape index (κ2) is 8.51. The second-order valence-corrected chi connectivity index (χ2v) is 7.86. The number of hydrogen-bond acceptors (Lipinski definition) is 3. The highest BCUT2D eigenvalue weighted by Crippen LogP contribution is 2.25. The molecular weight excluding hydrogens is 411 g/mol. The van der Waals surface area contributed by atoms with E-state index in [9.17, 15) is 4.39 Å². The Morgan fingerprint density at radius 2 is 2.00 bits per heavy atom. The number of aryl methyl sites for hydroxylation is 2. The molecule has 0 saturated carbocycles. The number of benzene rings is 1. The van der Waals surface area contributed by atoms with Crippen molar-refractivity contribution in [1.82, 2.24) is 24.5 Å². The normalized spacial score (nSPS) is 11.0. The summed E-state index contributed by atoms with van der Waals surface area (Å²) in [6.07, 6.45) is 1.85. The van der Waals surface area contributed by atoms with Gasteiger partial charge in [-0.3, -0.25) is 9.36 Å². The third-order valence-corrected chi connectivity index (χ3v) is 5.84. The molecular formula is C20H24ClFN6S. The molecule has 0 atom stereocenters. The highest BCUT2D eigenvalue weighted by atomic mass is 35.5. The van der Waals surface area contributed by atoms with Crippen LogP contribution in [0.25, 0.3) is 0 Å². The van der Waals surface area contributed by atoms with E-state index < -0.39 is 0 Å². The molecule has 1 aromatic carbocycles. The number of rotatable bonds is 5. The van der Waals surface area contributed by atoms with Gasteiger partial charge in [0.2, 0.25) is 0 Å². The molecule has 0 aliphatic rings. The maximum Gasteiger partial charge on any atom is 0.173 e. The van der Waals surface area contributed by atoms with Gasteiger partial charge in [0.05, 0.1) is 29.8 Å². The first-order valence-corrected chi connectivity index (χ1v) is 9.94. The first kappa shape index (κ1) is 21.3. The van der Waals surface area contributed by atoms with Gasteiger partial charge in [0, 0.05) is 42.5 Å². The summed E-state index contributed by atoms with van der Waals surface area (Å²) >= 11 is 11.7. The molecule has 9 heteroatoms. The van der Waals surface area contributed by atoms with Crippen LogP contribution in [-0.2, 0) is 20.1 Å². The van der Waals surface area contributed by atoms with Crippen molar-refractivity contribution < 1.29 is 4.39 Å². The molecule has 6 nitrogen and oxygen atoms in total. The molecule has 0 radical (unpaired) electrons. The van der Waals surface area contributed by atoms with Crippen molar-refractivity contribution in [3.63, 3.8) is 0 Å². The lowest BCUT2D eigenvalue weighted by Gasteiger charge is -2.21. The lowest BCUT2D eigenvalue weighted by molar-refractivity contribution is 0.506. The third kappa shape index (κ3) is 4.43. The zero-order valence-corrected chi connectivity index (χ0v) is 18.7. The molecule has 3 aromatic rings. The van der Waals surface area contributed by atoms with Crippen molar-refractivity contribution in [1.29, 1.82) is 0 Å². The molecule has 0 saturated heterocycles. The zero-order chi connectivity index (χ0) is 21.3. The Morgan fingerprint density at radius 3 is 2.62 bits per heavy atom. The van der Waals surface area contributed by atoms with E-state index in [0.717, 1.165) is 28.3 Å². The fraction of sp³-hybridized carbons (Fsp3) is 0.350. The number of hydrogen-bond donors (Lipinski definition) is 1. The Balaban J connectivity index is 1.76. The Morgan fingerprint density at radius 1 is 1.28 bits per heavy atom. The highest BCUT2D eigenvalue weighted by molar-refractivity contribution is 7.80. The largest absolute Gasteiger partial charge is 0.348 e. The lowest BCUT2D eigenvalue weighted by Crippen LogP contribution is -2.31. The minimum absolute atomic E-state index is 0.247. The Labute approximate surface area is 180 Å². The first-order chi connectivity index (χ1) is 13.7. The quantitative estimate of drug-likeness (QED) is 0.609. The summed E-state index contributed by atoms with van der Waals surface area (Å²) in [4.78, 5) is 1.95. The van der Waals surface area contributed by atoms with Crippen molar-refractivity contribution in [2.45, 2.75) is 33.9 Å². The van der Waals surface area contributed by atoms with E-state index in [1.54, 1.807) is 16.8 Å². The molecule has 0 bridgehead atoms. The average molecular weight is 435 g/mol. The molecule has 2 heterocycles. The van der Waals surface area contributed by atoms with E-state index in [0.29, 0.717) is 22.2 Å². The smallest absolute Gasteiger partial charge is 0.173 e. The fourth-order valence-corrected chi connectivity index (χ4v) is 3.48. The van der Waals surface area contributed by atoms with Crippen LogP contribution in [0.5, 0.6) is 0 Å². The number of nitrogens with zero attached hydrogens (tertiary/aromatic N) is 5. The standard InChI is InChI=1S/C20H24ClFN6S/c1-12-19(24-20(29)26(4)10-15-9-23-27(5)13(15)2)14(3)28(25-12)11-16-17(21)7-6-8-18(16)22/h6-9H,10-11H2,1-5H3,(H,24,29). The molecule has 2 aromatic heterocycles. The van der Waals surface area contributed by atoms with Crippen molar-refractivity contribution in [2.24, 2.45) is 7.05 Å². The van der Waals surface area contributed by atoms with Gasteiger partial charge < -0.3 is 10.2 Å². The molecule has 0 aliphatic carbocycles. The van der Waals surface area contributed by atoms with Crippen LogP contribution in [0.4, 0.5) is 10.1 Å². The highest BCUT2D eigenvalue weighted by Gasteiger charge is 2.17. The molecule has 0 fully saturated rings. The van der Waals surface area contributed by atoms with Crippen molar-refractivity contribution in [3.8, 4) is 0 Å². The maximum absolute atomic E-state index is 14.2. The second-order valence-electron chi connectivity index (χ2n) is 7.07. The molecule has 0 unspecified atom stereocenters. The van der Waals surface area contributed by atoms with Crippen LogP contribution in [0.1, 0.15) is 28.2 Å². The van der Waals surface area contributed by atoms with E-state index in [1.807, 2.05) is 50.6 Å². The summed E-state index contributed by atoms with van der Waals surface area (Å²) in [6, 6.07) is 4.67. The Bertz CT molecular complexity index is 1040. The molecule has 154 valence electrons. The van der Waals surface area contributed by atoms with E-state index in [4.69, 9.17) is 23.8 Å². The van der Waals surface area contributed by atoms with Crippen LogP contribution in [0.15, 0.2) is 24.4 Å². The lowest BCUT2D eigenvalue weighted by atomic mass is 10.2. The predicted octanol–water partition coefficient (Wildman–Crippen LogP) is 4.21. The van der Waals surface area contributed by atoms with Gasteiger partial charge in [-0.15, -0.1) is 0 Å². The van der Waals surface area contributed by atoms with Gasteiger partial charge in [-0.2, -0.15) is 10.2 Å². The van der Waals surface area contributed by atoms with Crippen molar-refractivity contribution >= 4 is 34.6 Å². The molecule has 0 amide bonds. The summed E-state index contributed by atoms with van der Waals surface area (Å²) in [7, 11) is 3.84.